The van der Waals surface area contributed by atoms with Crippen molar-refractivity contribution in [1.82, 2.24) is 5.32 Å². The van der Waals surface area contributed by atoms with E-state index in [-0.39, 0.29) is 5.75 Å². The SMILES string of the molecule is CSc1ccccc1NS(=O)(=O)CCCCNC(C)C. The summed E-state index contributed by atoms with van der Waals surface area (Å²) < 4.78 is 26.7. The zero-order valence-corrected chi connectivity index (χ0v) is 14.0. The first-order chi connectivity index (χ1) is 9.44. The fourth-order valence-corrected chi connectivity index (χ4v) is 3.57. The van der Waals surface area contributed by atoms with Crippen LogP contribution in [-0.4, -0.2) is 33.0 Å². The zero-order valence-electron chi connectivity index (χ0n) is 12.3. The number of anilines is 1. The molecule has 1 aromatic carbocycles. The summed E-state index contributed by atoms with van der Waals surface area (Å²) in [5, 5.41) is 3.28. The first-order valence-corrected chi connectivity index (χ1v) is 9.69. The summed E-state index contributed by atoms with van der Waals surface area (Å²) in [6.45, 7) is 5.02. The van der Waals surface area contributed by atoms with Gasteiger partial charge in [0, 0.05) is 10.9 Å². The van der Waals surface area contributed by atoms with E-state index in [0.717, 1.165) is 17.9 Å². The molecule has 1 rings (SSSR count). The summed E-state index contributed by atoms with van der Waals surface area (Å²) in [6, 6.07) is 7.89. The van der Waals surface area contributed by atoms with E-state index < -0.39 is 10.0 Å². The van der Waals surface area contributed by atoms with Gasteiger partial charge in [-0.15, -0.1) is 11.8 Å². The number of unbranched alkanes of at least 4 members (excludes halogenated alkanes) is 1. The van der Waals surface area contributed by atoms with Gasteiger partial charge in [-0.2, -0.15) is 0 Å². The molecule has 20 heavy (non-hydrogen) atoms. The van der Waals surface area contributed by atoms with Crippen molar-refractivity contribution in [1.29, 1.82) is 0 Å². The van der Waals surface area contributed by atoms with Gasteiger partial charge >= 0.3 is 0 Å². The Morgan fingerprint density at radius 3 is 2.55 bits per heavy atom. The standard InChI is InChI=1S/C14H24N2O2S2/c1-12(2)15-10-6-7-11-20(17,18)16-13-8-4-5-9-14(13)19-3/h4-5,8-9,12,15-16H,6-7,10-11H2,1-3H3. The molecule has 114 valence electrons. The van der Waals surface area contributed by atoms with Crippen LogP contribution in [0.4, 0.5) is 5.69 Å². The molecule has 0 amide bonds. The van der Waals surface area contributed by atoms with E-state index in [1.807, 2.05) is 24.5 Å². The number of hydrogen-bond acceptors (Lipinski definition) is 4. The molecule has 6 heteroatoms. The van der Waals surface area contributed by atoms with Crippen LogP contribution in [0, 0.1) is 0 Å². The van der Waals surface area contributed by atoms with Gasteiger partial charge in [-0.05, 0) is 37.8 Å². The number of hydrogen-bond donors (Lipinski definition) is 2. The summed E-state index contributed by atoms with van der Waals surface area (Å²) in [5.74, 6) is 0.162. The van der Waals surface area contributed by atoms with Gasteiger partial charge in [-0.1, -0.05) is 26.0 Å². The van der Waals surface area contributed by atoms with Crippen molar-refractivity contribution >= 4 is 27.5 Å². The molecule has 0 heterocycles. The predicted octanol–water partition coefficient (Wildman–Crippen LogP) is 2.93. The second kappa shape index (κ2) is 8.54. The molecule has 0 bridgehead atoms. The van der Waals surface area contributed by atoms with Crippen molar-refractivity contribution in [3.05, 3.63) is 24.3 Å². The van der Waals surface area contributed by atoms with Crippen LogP contribution in [0.15, 0.2) is 29.2 Å². The largest absolute Gasteiger partial charge is 0.315 e. The minimum absolute atomic E-state index is 0.162. The topological polar surface area (TPSA) is 58.2 Å². The maximum absolute atomic E-state index is 12.0. The van der Waals surface area contributed by atoms with E-state index >= 15 is 0 Å². The Kier molecular flexibility index (Phi) is 7.40. The lowest BCUT2D eigenvalue weighted by molar-refractivity contribution is 0.561. The molecule has 1 aromatic rings. The molecule has 0 saturated carbocycles. The normalized spacial score (nSPS) is 11.8. The van der Waals surface area contributed by atoms with Gasteiger partial charge in [0.2, 0.25) is 10.0 Å². The first-order valence-electron chi connectivity index (χ1n) is 6.81. The highest BCUT2D eigenvalue weighted by Crippen LogP contribution is 2.25. The fraction of sp³-hybridized carbons (Fsp3) is 0.571. The fourth-order valence-electron chi connectivity index (χ4n) is 1.76. The summed E-state index contributed by atoms with van der Waals surface area (Å²) in [7, 11) is -3.26. The number of rotatable bonds is 9. The molecular formula is C14H24N2O2S2. The lowest BCUT2D eigenvalue weighted by Gasteiger charge is -2.11. The van der Waals surface area contributed by atoms with Gasteiger partial charge in [0.05, 0.1) is 11.4 Å². The minimum atomic E-state index is -3.26. The lowest BCUT2D eigenvalue weighted by atomic mass is 10.3. The summed E-state index contributed by atoms with van der Waals surface area (Å²) in [5.41, 5.74) is 0.667. The average Bonchev–Trinajstić information content (AvgIpc) is 2.38. The summed E-state index contributed by atoms with van der Waals surface area (Å²) in [6.07, 6.45) is 3.46. The maximum Gasteiger partial charge on any atom is 0.232 e. The highest BCUT2D eigenvalue weighted by Gasteiger charge is 2.12. The Balaban J connectivity index is 2.45. The van der Waals surface area contributed by atoms with E-state index in [0.29, 0.717) is 18.2 Å². The second-order valence-corrected chi connectivity index (χ2v) is 7.63. The zero-order chi connectivity index (χ0) is 15.0. The number of sulfonamides is 1. The van der Waals surface area contributed by atoms with Crippen molar-refractivity contribution in [2.45, 2.75) is 37.6 Å². The Hall–Kier alpha value is -0.720. The molecule has 0 atom stereocenters. The summed E-state index contributed by atoms with van der Waals surface area (Å²) in [4.78, 5) is 0.942. The molecule has 0 aliphatic carbocycles. The van der Waals surface area contributed by atoms with Gasteiger partial charge in [-0.25, -0.2) is 8.42 Å². The third kappa shape index (κ3) is 6.63. The van der Waals surface area contributed by atoms with Crippen LogP contribution in [0.2, 0.25) is 0 Å². The van der Waals surface area contributed by atoms with Crippen LogP contribution < -0.4 is 10.0 Å². The van der Waals surface area contributed by atoms with Crippen LogP contribution in [-0.2, 0) is 10.0 Å². The Labute approximate surface area is 126 Å². The quantitative estimate of drug-likeness (QED) is 0.543. The first kappa shape index (κ1) is 17.3. The number of benzene rings is 1. The van der Waals surface area contributed by atoms with Gasteiger partial charge in [0.1, 0.15) is 0 Å². The van der Waals surface area contributed by atoms with Crippen molar-refractivity contribution in [3.8, 4) is 0 Å². The molecule has 0 unspecified atom stereocenters. The molecule has 0 radical (unpaired) electrons. The molecule has 0 saturated heterocycles. The highest BCUT2D eigenvalue weighted by molar-refractivity contribution is 7.99. The molecule has 0 aliphatic rings. The third-order valence-corrected chi connectivity index (χ3v) is 4.92. The van der Waals surface area contributed by atoms with Crippen molar-refractivity contribution in [2.75, 3.05) is 23.3 Å². The molecule has 0 aliphatic heterocycles. The molecule has 0 spiro atoms. The predicted molar refractivity (Wildman–Crippen MR) is 88.0 cm³/mol. The molecule has 4 nitrogen and oxygen atoms in total. The minimum Gasteiger partial charge on any atom is -0.315 e. The lowest BCUT2D eigenvalue weighted by Crippen LogP contribution is -2.24. The number of nitrogens with one attached hydrogen (secondary N) is 2. The van der Waals surface area contributed by atoms with E-state index in [1.165, 1.54) is 11.8 Å². The van der Waals surface area contributed by atoms with Crippen molar-refractivity contribution < 1.29 is 8.42 Å². The molecular weight excluding hydrogens is 292 g/mol. The number of para-hydroxylation sites is 1. The van der Waals surface area contributed by atoms with Crippen LogP contribution in [0.5, 0.6) is 0 Å². The van der Waals surface area contributed by atoms with Gasteiger partial charge in [0.15, 0.2) is 0 Å². The van der Waals surface area contributed by atoms with Crippen LogP contribution in [0.3, 0.4) is 0 Å². The molecule has 0 aromatic heterocycles. The van der Waals surface area contributed by atoms with E-state index in [1.54, 1.807) is 6.07 Å². The van der Waals surface area contributed by atoms with Crippen molar-refractivity contribution in [3.63, 3.8) is 0 Å². The maximum atomic E-state index is 12.0. The average molecular weight is 316 g/mol. The van der Waals surface area contributed by atoms with E-state index in [2.05, 4.69) is 23.9 Å². The highest BCUT2D eigenvalue weighted by atomic mass is 32.2. The second-order valence-electron chi connectivity index (χ2n) is 4.94. The van der Waals surface area contributed by atoms with Gasteiger partial charge in [-0.3, -0.25) is 4.72 Å². The van der Waals surface area contributed by atoms with E-state index in [9.17, 15) is 8.42 Å². The van der Waals surface area contributed by atoms with Crippen LogP contribution >= 0.6 is 11.8 Å². The monoisotopic (exact) mass is 316 g/mol. The Bertz CT molecular complexity index is 502. The van der Waals surface area contributed by atoms with Crippen LogP contribution in [0.1, 0.15) is 26.7 Å². The Morgan fingerprint density at radius 2 is 1.90 bits per heavy atom. The van der Waals surface area contributed by atoms with Gasteiger partial charge < -0.3 is 5.32 Å². The smallest absolute Gasteiger partial charge is 0.232 e. The molecule has 2 N–H and O–H groups in total. The number of thioether (sulfide) groups is 1. The van der Waals surface area contributed by atoms with E-state index in [4.69, 9.17) is 0 Å². The summed E-state index contributed by atoms with van der Waals surface area (Å²) >= 11 is 1.53. The van der Waals surface area contributed by atoms with Crippen LogP contribution in [0.25, 0.3) is 0 Å². The third-order valence-electron chi connectivity index (χ3n) is 2.76. The van der Waals surface area contributed by atoms with Crippen molar-refractivity contribution in [2.24, 2.45) is 0 Å². The van der Waals surface area contributed by atoms with Gasteiger partial charge in [0.25, 0.3) is 0 Å². The molecule has 0 fully saturated rings. The Morgan fingerprint density at radius 1 is 1.20 bits per heavy atom.